The third kappa shape index (κ3) is 7.31. The van der Waals surface area contributed by atoms with Gasteiger partial charge in [-0.1, -0.05) is 32.8 Å². The van der Waals surface area contributed by atoms with Crippen molar-refractivity contribution in [3.05, 3.63) is 12.2 Å². The van der Waals surface area contributed by atoms with Gasteiger partial charge in [0.2, 0.25) is 0 Å². The Morgan fingerprint density at radius 3 is 2.55 bits per heavy atom. The number of carbonyl (C=O) groups excluding carboxylic acids is 1. The lowest BCUT2D eigenvalue weighted by Crippen LogP contribution is -1.86. The minimum absolute atomic E-state index is 0.237. The van der Waals surface area contributed by atoms with Crippen molar-refractivity contribution < 1.29 is 4.79 Å². The predicted molar refractivity (Wildman–Crippen MR) is 48.6 cm³/mol. The van der Waals surface area contributed by atoms with Crippen LogP contribution in [0.1, 0.15) is 46.0 Å². The van der Waals surface area contributed by atoms with E-state index < -0.39 is 0 Å². The fraction of sp³-hybridized carbons (Fsp3) is 0.700. The van der Waals surface area contributed by atoms with E-state index in [1.54, 1.807) is 6.08 Å². The van der Waals surface area contributed by atoms with Crippen molar-refractivity contribution in [2.45, 2.75) is 46.0 Å². The van der Waals surface area contributed by atoms with Crippen LogP contribution in [0.3, 0.4) is 0 Å². The summed E-state index contributed by atoms with van der Waals surface area (Å²) in [5, 5.41) is 0. The van der Waals surface area contributed by atoms with E-state index in [4.69, 9.17) is 0 Å². The topological polar surface area (TPSA) is 17.1 Å². The summed E-state index contributed by atoms with van der Waals surface area (Å²) in [6.45, 7) is 4.07. The predicted octanol–water partition coefficient (Wildman–Crippen LogP) is 3.10. The van der Waals surface area contributed by atoms with Crippen LogP contribution in [0.2, 0.25) is 0 Å². The lowest BCUT2D eigenvalue weighted by molar-refractivity contribution is -0.114. The molecule has 0 unspecified atom stereocenters. The highest BCUT2D eigenvalue weighted by Crippen LogP contribution is 1.99. The number of allylic oxidation sites excluding steroid dienone is 2. The van der Waals surface area contributed by atoms with Crippen LogP contribution < -0.4 is 0 Å². The van der Waals surface area contributed by atoms with E-state index in [-0.39, 0.29) is 5.78 Å². The van der Waals surface area contributed by atoms with Crippen LogP contribution in [-0.2, 0) is 4.79 Å². The van der Waals surface area contributed by atoms with Crippen molar-refractivity contribution in [3.8, 4) is 0 Å². The van der Waals surface area contributed by atoms with Crippen LogP contribution in [0, 0.1) is 0 Å². The van der Waals surface area contributed by atoms with Gasteiger partial charge in [-0.15, -0.1) is 0 Å². The number of unbranched alkanes of at least 4 members (excludes halogenated alkanes) is 3. The first kappa shape index (κ1) is 10.4. The fourth-order valence-electron chi connectivity index (χ4n) is 0.845. The first-order valence-electron chi connectivity index (χ1n) is 4.50. The van der Waals surface area contributed by atoms with Gasteiger partial charge < -0.3 is 0 Å². The van der Waals surface area contributed by atoms with Gasteiger partial charge in [-0.05, 0) is 18.9 Å². The third-order valence-corrected chi connectivity index (χ3v) is 1.63. The maximum Gasteiger partial charge on any atom is 0.155 e. The van der Waals surface area contributed by atoms with Crippen LogP contribution in [0.15, 0.2) is 12.2 Å². The van der Waals surface area contributed by atoms with Crippen LogP contribution in [-0.4, -0.2) is 5.78 Å². The summed E-state index contributed by atoms with van der Waals surface area (Å²) in [7, 11) is 0. The Hall–Kier alpha value is -0.590. The summed E-state index contributed by atoms with van der Waals surface area (Å²) in [5.74, 6) is 0.237. The van der Waals surface area contributed by atoms with Crippen molar-refractivity contribution in [2.75, 3.05) is 0 Å². The number of ketones is 1. The molecule has 0 N–H and O–H groups in total. The molecule has 0 spiro atoms. The average molecular weight is 154 g/mol. The molecule has 0 saturated carbocycles. The molecule has 64 valence electrons. The van der Waals surface area contributed by atoms with Crippen molar-refractivity contribution >= 4 is 5.78 Å². The second kappa shape index (κ2) is 7.52. The number of rotatable bonds is 6. The maximum atomic E-state index is 10.8. The van der Waals surface area contributed by atoms with Gasteiger partial charge in [0.05, 0.1) is 0 Å². The van der Waals surface area contributed by atoms with Crippen LogP contribution in [0.25, 0.3) is 0 Å². The van der Waals surface area contributed by atoms with Crippen LogP contribution in [0.4, 0.5) is 0 Å². The highest BCUT2D eigenvalue weighted by atomic mass is 16.1. The zero-order chi connectivity index (χ0) is 8.53. The van der Waals surface area contributed by atoms with E-state index in [9.17, 15) is 4.79 Å². The average Bonchev–Trinajstić information content (AvgIpc) is 2.04. The monoisotopic (exact) mass is 154 g/mol. The molecule has 11 heavy (non-hydrogen) atoms. The van der Waals surface area contributed by atoms with Crippen LogP contribution >= 0.6 is 0 Å². The van der Waals surface area contributed by atoms with Gasteiger partial charge in [0, 0.05) is 6.42 Å². The number of hydrogen-bond donors (Lipinski definition) is 0. The minimum Gasteiger partial charge on any atom is -0.295 e. The standard InChI is InChI=1S/C10H18O/c1-3-5-6-7-8-9-10(11)4-2/h8-9H,3-7H2,1-2H3. The molecular formula is C10H18O. The Kier molecular flexibility index (Phi) is 7.11. The Balaban J connectivity index is 3.22. The summed E-state index contributed by atoms with van der Waals surface area (Å²) in [6.07, 6.45) is 9.10. The lowest BCUT2D eigenvalue weighted by Gasteiger charge is -1.90. The first-order valence-corrected chi connectivity index (χ1v) is 4.50. The number of carbonyl (C=O) groups is 1. The minimum atomic E-state index is 0.237. The van der Waals surface area contributed by atoms with Gasteiger partial charge in [0.1, 0.15) is 0 Å². The second-order valence-corrected chi connectivity index (χ2v) is 2.72. The van der Waals surface area contributed by atoms with Crippen molar-refractivity contribution in [1.82, 2.24) is 0 Å². The molecule has 0 aliphatic heterocycles. The summed E-state index contributed by atoms with van der Waals surface area (Å²) in [5.41, 5.74) is 0. The van der Waals surface area contributed by atoms with E-state index >= 15 is 0 Å². The van der Waals surface area contributed by atoms with Gasteiger partial charge in [-0.3, -0.25) is 4.79 Å². The first-order chi connectivity index (χ1) is 5.31. The molecule has 0 aromatic rings. The molecule has 0 radical (unpaired) electrons. The molecule has 0 bridgehead atoms. The SMILES string of the molecule is CCCCCC=CC(=O)CC. The van der Waals surface area contributed by atoms with Gasteiger partial charge in [-0.2, -0.15) is 0 Å². The highest BCUT2D eigenvalue weighted by Gasteiger charge is 1.87. The molecule has 0 aromatic heterocycles. The largest absolute Gasteiger partial charge is 0.295 e. The summed E-state index contributed by atoms with van der Waals surface area (Å²) >= 11 is 0. The molecule has 0 aliphatic rings. The third-order valence-electron chi connectivity index (χ3n) is 1.63. The number of hydrogen-bond acceptors (Lipinski definition) is 1. The van der Waals surface area contributed by atoms with E-state index in [1.807, 2.05) is 13.0 Å². The van der Waals surface area contributed by atoms with Gasteiger partial charge in [0.15, 0.2) is 5.78 Å². The Labute approximate surface area is 69.5 Å². The maximum absolute atomic E-state index is 10.8. The van der Waals surface area contributed by atoms with E-state index in [0.29, 0.717) is 6.42 Å². The smallest absolute Gasteiger partial charge is 0.155 e. The van der Waals surface area contributed by atoms with Crippen LogP contribution in [0.5, 0.6) is 0 Å². The Morgan fingerprint density at radius 2 is 2.00 bits per heavy atom. The molecule has 0 rings (SSSR count). The molecule has 0 atom stereocenters. The lowest BCUT2D eigenvalue weighted by atomic mass is 10.2. The highest BCUT2D eigenvalue weighted by molar-refractivity contribution is 5.89. The Morgan fingerprint density at radius 1 is 1.27 bits per heavy atom. The van der Waals surface area contributed by atoms with E-state index in [1.165, 1.54) is 19.3 Å². The van der Waals surface area contributed by atoms with Crippen molar-refractivity contribution in [2.24, 2.45) is 0 Å². The Bertz CT molecular complexity index is 125. The molecule has 1 nitrogen and oxygen atoms in total. The molecular weight excluding hydrogens is 136 g/mol. The normalized spacial score (nSPS) is 10.7. The zero-order valence-corrected chi connectivity index (χ0v) is 7.60. The van der Waals surface area contributed by atoms with Gasteiger partial charge in [0.25, 0.3) is 0 Å². The van der Waals surface area contributed by atoms with Crippen molar-refractivity contribution in [1.29, 1.82) is 0 Å². The molecule has 0 aliphatic carbocycles. The molecule has 0 heterocycles. The van der Waals surface area contributed by atoms with E-state index in [0.717, 1.165) is 6.42 Å². The molecule has 0 amide bonds. The van der Waals surface area contributed by atoms with E-state index in [2.05, 4.69) is 6.92 Å². The van der Waals surface area contributed by atoms with Crippen molar-refractivity contribution in [3.63, 3.8) is 0 Å². The quantitative estimate of drug-likeness (QED) is 0.424. The summed E-state index contributed by atoms with van der Waals surface area (Å²) in [6, 6.07) is 0. The van der Waals surface area contributed by atoms with Gasteiger partial charge in [-0.25, -0.2) is 0 Å². The second-order valence-electron chi connectivity index (χ2n) is 2.72. The molecule has 0 aromatic carbocycles. The molecule has 1 heteroatoms. The molecule has 0 saturated heterocycles. The summed E-state index contributed by atoms with van der Waals surface area (Å²) in [4.78, 5) is 10.8. The van der Waals surface area contributed by atoms with Gasteiger partial charge >= 0.3 is 0 Å². The molecule has 0 fully saturated rings. The summed E-state index contributed by atoms with van der Waals surface area (Å²) < 4.78 is 0. The fourth-order valence-corrected chi connectivity index (χ4v) is 0.845. The zero-order valence-electron chi connectivity index (χ0n) is 7.60.